The number of rotatable bonds is 4. The van der Waals surface area contributed by atoms with Crippen LogP contribution in [0.4, 0.5) is 11.4 Å². The molecule has 2 amide bonds. The third kappa shape index (κ3) is 3.56. The molecule has 0 bridgehead atoms. The standard InChI is InChI=1S/C18H18N2O2S/c1-23-16-10-6-14(7-11-16)19-18(22)13-4-8-15(9-5-13)20-12-2-3-17(20)21/h4-11H,2-3,12H2,1H3,(H,19,22). The highest BCUT2D eigenvalue weighted by molar-refractivity contribution is 7.98. The van der Waals surface area contributed by atoms with Crippen LogP contribution in [-0.4, -0.2) is 24.6 Å². The zero-order valence-electron chi connectivity index (χ0n) is 12.9. The maximum atomic E-state index is 12.3. The second-order valence-electron chi connectivity index (χ2n) is 5.38. The Bertz CT molecular complexity index is 711. The first-order chi connectivity index (χ1) is 11.2. The van der Waals surface area contributed by atoms with Gasteiger partial charge in [-0.1, -0.05) is 0 Å². The molecule has 1 aliphatic rings. The lowest BCUT2D eigenvalue weighted by Crippen LogP contribution is -2.23. The number of amides is 2. The number of nitrogens with one attached hydrogen (secondary N) is 1. The summed E-state index contributed by atoms with van der Waals surface area (Å²) in [5.41, 5.74) is 2.20. The van der Waals surface area contributed by atoms with Crippen LogP contribution in [0.25, 0.3) is 0 Å². The quantitative estimate of drug-likeness (QED) is 0.870. The van der Waals surface area contributed by atoms with Gasteiger partial charge in [0, 0.05) is 34.8 Å². The maximum Gasteiger partial charge on any atom is 0.255 e. The Kier molecular flexibility index (Phi) is 4.67. The normalized spacial score (nSPS) is 14.1. The molecule has 5 heteroatoms. The number of thioether (sulfide) groups is 1. The summed E-state index contributed by atoms with van der Waals surface area (Å²) < 4.78 is 0. The summed E-state index contributed by atoms with van der Waals surface area (Å²) >= 11 is 1.66. The van der Waals surface area contributed by atoms with Gasteiger partial charge in [-0.05, 0) is 61.2 Å². The van der Waals surface area contributed by atoms with Crippen molar-refractivity contribution >= 4 is 35.0 Å². The van der Waals surface area contributed by atoms with Crippen molar-refractivity contribution in [3.8, 4) is 0 Å². The number of carbonyl (C=O) groups is 2. The minimum absolute atomic E-state index is 0.149. The Morgan fingerprint density at radius 1 is 1.09 bits per heavy atom. The fraction of sp³-hybridized carbons (Fsp3) is 0.222. The Morgan fingerprint density at radius 2 is 1.78 bits per heavy atom. The first kappa shape index (κ1) is 15.6. The Morgan fingerprint density at radius 3 is 2.35 bits per heavy atom. The second-order valence-corrected chi connectivity index (χ2v) is 6.26. The molecular formula is C18H18N2O2S. The van der Waals surface area contributed by atoms with Gasteiger partial charge in [0.1, 0.15) is 0 Å². The predicted octanol–water partition coefficient (Wildman–Crippen LogP) is 3.79. The highest BCUT2D eigenvalue weighted by Gasteiger charge is 2.21. The third-order valence-corrected chi connectivity index (χ3v) is 4.61. The summed E-state index contributed by atoms with van der Waals surface area (Å²) in [4.78, 5) is 26.9. The minimum Gasteiger partial charge on any atom is -0.322 e. The van der Waals surface area contributed by atoms with E-state index >= 15 is 0 Å². The van der Waals surface area contributed by atoms with Crippen LogP contribution in [0.15, 0.2) is 53.4 Å². The van der Waals surface area contributed by atoms with E-state index in [0.717, 1.165) is 29.2 Å². The fourth-order valence-electron chi connectivity index (χ4n) is 2.59. The third-order valence-electron chi connectivity index (χ3n) is 3.86. The average Bonchev–Trinajstić information content (AvgIpc) is 3.02. The van der Waals surface area contributed by atoms with Crippen molar-refractivity contribution < 1.29 is 9.59 Å². The van der Waals surface area contributed by atoms with Crippen LogP contribution in [0.5, 0.6) is 0 Å². The van der Waals surface area contributed by atoms with Crippen LogP contribution in [0.3, 0.4) is 0 Å². The fourth-order valence-corrected chi connectivity index (χ4v) is 3.00. The van der Waals surface area contributed by atoms with Crippen molar-refractivity contribution in [3.05, 3.63) is 54.1 Å². The Labute approximate surface area is 139 Å². The first-order valence-electron chi connectivity index (χ1n) is 7.53. The van der Waals surface area contributed by atoms with Gasteiger partial charge < -0.3 is 10.2 Å². The molecule has 1 saturated heterocycles. The topological polar surface area (TPSA) is 49.4 Å². The Balaban J connectivity index is 1.68. The van der Waals surface area contributed by atoms with Crippen molar-refractivity contribution in [2.45, 2.75) is 17.7 Å². The molecule has 2 aromatic rings. The number of hydrogen-bond acceptors (Lipinski definition) is 3. The van der Waals surface area contributed by atoms with Crippen LogP contribution in [0.1, 0.15) is 23.2 Å². The summed E-state index contributed by atoms with van der Waals surface area (Å²) in [6.07, 6.45) is 3.52. The molecule has 0 spiro atoms. The lowest BCUT2D eigenvalue weighted by molar-refractivity contribution is -0.117. The van der Waals surface area contributed by atoms with Crippen molar-refractivity contribution in [2.24, 2.45) is 0 Å². The van der Waals surface area contributed by atoms with E-state index in [1.165, 1.54) is 0 Å². The molecule has 0 radical (unpaired) electrons. The van der Waals surface area contributed by atoms with Gasteiger partial charge in [-0.15, -0.1) is 11.8 Å². The van der Waals surface area contributed by atoms with Crippen molar-refractivity contribution in [1.82, 2.24) is 0 Å². The van der Waals surface area contributed by atoms with Gasteiger partial charge in [-0.25, -0.2) is 0 Å². The van der Waals surface area contributed by atoms with E-state index in [1.54, 1.807) is 28.8 Å². The molecule has 0 saturated carbocycles. The van der Waals surface area contributed by atoms with E-state index in [0.29, 0.717) is 12.0 Å². The molecule has 0 atom stereocenters. The second kappa shape index (κ2) is 6.87. The van der Waals surface area contributed by atoms with Crippen molar-refractivity contribution in [2.75, 3.05) is 23.0 Å². The van der Waals surface area contributed by atoms with Crippen LogP contribution < -0.4 is 10.2 Å². The van der Waals surface area contributed by atoms with Gasteiger partial charge in [0.15, 0.2) is 0 Å². The first-order valence-corrected chi connectivity index (χ1v) is 8.76. The Hall–Kier alpha value is -2.27. The van der Waals surface area contributed by atoms with E-state index in [1.807, 2.05) is 42.7 Å². The molecule has 1 aliphatic heterocycles. The average molecular weight is 326 g/mol. The SMILES string of the molecule is CSc1ccc(NC(=O)c2ccc(N3CCCC3=O)cc2)cc1. The molecule has 1 fully saturated rings. The summed E-state index contributed by atoms with van der Waals surface area (Å²) in [6, 6.07) is 14.9. The van der Waals surface area contributed by atoms with Gasteiger partial charge in [0.05, 0.1) is 0 Å². The number of benzene rings is 2. The van der Waals surface area contributed by atoms with Crippen molar-refractivity contribution in [3.63, 3.8) is 0 Å². The molecule has 0 unspecified atom stereocenters. The molecule has 23 heavy (non-hydrogen) atoms. The van der Waals surface area contributed by atoms with E-state index < -0.39 is 0 Å². The maximum absolute atomic E-state index is 12.3. The molecule has 2 aromatic carbocycles. The van der Waals surface area contributed by atoms with Gasteiger partial charge in [0.2, 0.25) is 5.91 Å². The van der Waals surface area contributed by atoms with E-state index in [9.17, 15) is 9.59 Å². The van der Waals surface area contributed by atoms with Gasteiger partial charge in [-0.2, -0.15) is 0 Å². The van der Waals surface area contributed by atoms with Crippen LogP contribution in [0.2, 0.25) is 0 Å². The van der Waals surface area contributed by atoms with E-state index in [-0.39, 0.29) is 11.8 Å². The summed E-state index contributed by atoms with van der Waals surface area (Å²) in [5, 5.41) is 2.88. The molecular weight excluding hydrogens is 308 g/mol. The molecule has 4 nitrogen and oxygen atoms in total. The summed E-state index contributed by atoms with van der Waals surface area (Å²) in [6.45, 7) is 0.756. The summed E-state index contributed by atoms with van der Waals surface area (Å²) in [5.74, 6) is -0.00251. The number of hydrogen-bond donors (Lipinski definition) is 1. The lowest BCUT2D eigenvalue weighted by Gasteiger charge is -2.15. The zero-order chi connectivity index (χ0) is 16.2. The smallest absolute Gasteiger partial charge is 0.255 e. The molecule has 0 aromatic heterocycles. The predicted molar refractivity (Wildman–Crippen MR) is 94.2 cm³/mol. The molecule has 1 heterocycles. The number of nitrogens with zero attached hydrogens (tertiary/aromatic N) is 1. The van der Waals surface area contributed by atoms with Crippen LogP contribution >= 0.6 is 11.8 Å². The van der Waals surface area contributed by atoms with Gasteiger partial charge >= 0.3 is 0 Å². The highest BCUT2D eigenvalue weighted by atomic mass is 32.2. The monoisotopic (exact) mass is 326 g/mol. The molecule has 1 N–H and O–H groups in total. The molecule has 0 aliphatic carbocycles. The minimum atomic E-state index is -0.152. The van der Waals surface area contributed by atoms with Crippen LogP contribution in [-0.2, 0) is 4.79 Å². The van der Waals surface area contributed by atoms with Gasteiger partial charge in [-0.3, -0.25) is 9.59 Å². The zero-order valence-corrected chi connectivity index (χ0v) is 13.7. The largest absolute Gasteiger partial charge is 0.322 e. The van der Waals surface area contributed by atoms with Crippen LogP contribution in [0, 0.1) is 0 Å². The van der Waals surface area contributed by atoms with E-state index in [2.05, 4.69) is 5.32 Å². The van der Waals surface area contributed by atoms with Gasteiger partial charge in [0.25, 0.3) is 5.91 Å². The molecule has 118 valence electrons. The summed E-state index contributed by atoms with van der Waals surface area (Å²) in [7, 11) is 0. The highest BCUT2D eigenvalue weighted by Crippen LogP contribution is 2.22. The van der Waals surface area contributed by atoms with Crippen molar-refractivity contribution in [1.29, 1.82) is 0 Å². The van der Waals surface area contributed by atoms with E-state index in [4.69, 9.17) is 0 Å². The lowest BCUT2D eigenvalue weighted by atomic mass is 10.1. The number of anilines is 2. The number of carbonyl (C=O) groups excluding carboxylic acids is 2. The molecule has 3 rings (SSSR count).